The first-order valence-electron chi connectivity index (χ1n) is 10.4. The van der Waals surface area contributed by atoms with E-state index in [2.05, 4.69) is 34.6 Å². The Bertz CT molecular complexity index is 917. The van der Waals surface area contributed by atoms with Crippen LogP contribution < -0.4 is 5.69 Å². The van der Waals surface area contributed by atoms with Crippen LogP contribution in [0, 0.1) is 11.3 Å². The van der Waals surface area contributed by atoms with Crippen LogP contribution in [0.25, 0.3) is 11.2 Å². The summed E-state index contributed by atoms with van der Waals surface area (Å²) in [5, 5.41) is 0. The van der Waals surface area contributed by atoms with Gasteiger partial charge >= 0.3 is 5.69 Å². The molecule has 0 saturated carbocycles. The van der Waals surface area contributed by atoms with Crippen LogP contribution in [0.5, 0.6) is 0 Å². The van der Waals surface area contributed by atoms with Crippen LogP contribution >= 0.6 is 0 Å². The molecule has 1 amide bonds. The number of aromatic nitrogens is 3. The number of likely N-dealkylation sites (tertiary alicyclic amines) is 1. The number of aryl methyl sites for hydroxylation is 1. The minimum atomic E-state index is -0.0213. The van der Waals surface area contributed by atoms with Crippen LogP contribution in [0.3, 0.4) is 0 Å². The van der Waals surface area contributed by atoms with Crippen molar-refractivity contribution in [1.82, 2.24) is 19.0 Å². The Kier molecular flexibility index (Phi) is 5.69. The van der Waals surface area contributed by atoms with E-state index in [1.54, 1.807) is 11.6 Å². The maximum atomic E-state index is 12.7. The predicted octanol–water partition coefficient (Wildman–Crippen LogP) is 3.53. The predicted molar refractivity (Wildman–Crippen MR) is 112 cm³/mol. The molecule has 2 aromatic rings. The van der Waals surface area contributed by atoms with Crippen molar-refractivity contribution in [3.63, 3.8) is 0 Å². The van der Waals surface area contributed by atoms with Crippen LogP contribution in [-0.2, 0) is 18.4 Å². The molecule has 6 nitrogen and oxygen atoms in total. The van der Waals surface area contributed by atoms with E-state index in [0.717, 1.165) is 42.8 Å². The number of amides is 1. The second-order valence-corrected chi connectivity index (χ2v) is 9.84. The minimum Gasteiger partial charge on any atom is -0.342 e. The molecule has 0 radical (unpaired) electrons. The molecule has 1 fully saturated rings. The molecule has 2 aromatic heterocycles. The van der Waals surface area contributed by atoms with E-state index in [4.69, 9.17) is 4.98 Å². The molecular formula is C22H34N4O2. The number of fused-ring (bicyclic) bond motifs is 1. The highest BCUT2D eigenvalue weighted by Gasteiger charge is 2.27. The quantitative estimate of drug-likeness (QED) is 0.808. The third kappa shape index (κ3) is 4.31. The Morgan fingerprint density at radius 2 is 2.00 bits per heavy atom. The van der Waals surface area contributed by atoms with Gasteiger partial charge in [-0.2, -0.15) is 0 Å². The Balaban J connectivity index is 1.89. The smallest absolute Gasteiger partial charge is 0.330 e. The van der Waals surface area contributed by atoms with Crippen molar-refractivity contribution in [2.75, 3.05) is 13.1 Å². The summed E-state index contributed by atoms with van der Waals surface area (Å²) in [6.07, 6.45) is 2.63. The van der Waals surface area contributed by atoms with Gasteiger partial charge < -0.3 is 4.90 Å². The van der Waals surface area contributed by atoms with Crippen LogP contribution in [-0.4, -0.2) is 38.0 Å². The van der Waals surface area contributed by atoms with Gasteiger partial charge in [-0.25, -0.2) is 9.78 Å². The standard InChI is InChI=1S/C22H34N4O2/c1-15(2)12-19(27)25-11-7-8-16(13-25)17-9-10-18-20(23-17)24(6)21(28)26(18)14-22(3,4)5/h9-10,15-16H,7-8,11-14H2,1-6H3. The van der Waals surface area contributed by atoms with Crippen molar-refractivity contribution < 1.29 is 4.79 Å². The fraction of sp³-hybridized carbons (Fsp3) is 0.682. The molecule has 0 spiro atoms. The lowest BCUT2D eigenvalue weighted by Gasteiger charge is -2.33. The second-order valence-electron chi connectivity index (χ2n) is 9.84. The number of nitrogens with zero attached hydrogens (tertiary/aromatic N) is 4. The number of hydrogen-bond acceptors (Lipinski definition) is 3. The van der Waals surface area contributed by atoms with Gasteiger partial charge in [0.25, 0.3) is 0 Å². The molecule has 3 rings (SSSR count). The molecule has 1 aliphatic rings. The maximum absolute atomic E-state index is 12.7. The van der Waals surface area contributed by atoms with Gasteiger partial charge in [-0.1, -0.05) is 34.6 Å². The first-order valence-corrected chi connectivity index (χ1v) is 10.4. The largest absolute Gasteiger partial charge is 0.342 e. The Hall–Kier alpha value is -2.11. The van der Waals surface area contributed by atoms with Gasteiger partial charge in [0.15, 0.2) is 5.65 Å². The number of hydrogen-bond donors (Lipinski definition) is 0. The monoisotopic (exact) mass is 386 g/mol. The van der Waals surface area contributed by atoms with Crippen LogP contribution in [0.1, 0.15) is 65.5 Å². The van der Waals surface area contributed by atoms with Gasteiger partial charge in [-0.3, -0.25) is 13.9 Å². The van der Waals surface area contributed by atoms with Gasteiger partial charge in [-0.05, 0) is 36.3 Å². The van der Waals surface area contributed by atoms with E-state index in [0.29, 0.717) is 18.9 Å². The molecule has 28 heavy (non-hydrogen) atoms. The topological polar surface area (TPSA) is 60.1 Å². The molecular weight excluding hydrogens is 352 g/mol. The Morgan fingerprint density at radius 1 is 1.29 bits per heavy atom. The molecule has 0 aliphatic carbocycles. The number of carbonyl (C=O) groups is 1. The number of imidazole rings is 1. The number of carbonyl (C=O) groups excluding carboxylic acids is 1. The summed E-state index contributed by atoms with van der Waals surface area (Å²) in [6, 6.07) is 4.07. The third-order valence-corrected chi connectivity index (χ3v) is 5.41. The first kappa shape index (κ1) is 20.6. The lowest BCUT2D eigenvalue weighted by molar-refractivity contribution is -0.133. The summed E-state index contributed by atoms with van der Waals surface area (Å²) in [4.78, 5) is 32.1. The van der Waals surface area contributed by atoms with Crippen molar-refractivity contribution >= 4 is 17.1 Å². The van der Waals surface area contributed by atoms with Crippen molar-refractivity contribution in [2.45, 2.75) is 66.3 Å². The molecule has 6 heteroatoms. The van der Waals surface area contributed by atoms with E-state index in [-0.39, 0.29) is 22.9 Å². The molecule has 1 saturated heterocycles. The average Bonchev–Trinajstić information content (AvgIpc) is 2.84. The van der Waals surface area contributed by atoms with Crippen LogP contribution in [0.15, 0.2) is 16.9 Å². The van der Waals surface area contributed by atoms with E-state index < -0.39 is 0 Å². The fourth-order valence-electron chi connectivity index (χ4n) is 4.07. The van der Waals surface area contributed by atoms with Crippen LogP contribution in [0.4, 0.5) is 0 Å². The second kappa shape index (κ2) is 7.72. The zero-order chi connectivity index (χ0) is 20.6. The van der Waals surface area contributed by atoms with Gasteiger partial charge in [-0.15, -0.1) is 0 Å². The van der Waals surface area contributed by atoms with Crippen molar-refractivity contribution in [1.29, 1.82) is 0 Å². The maximum Gasteiger partial charge on any atom is 0.330 e. The third-order valence-electron chi connectivity index (χ3n) is 5.41. The van der Waals surface area contributed by atoms with Crippen molar-refractivity contribution in [3.05, 3.63) is 28.3 Å². The van der Waals surface area contributed by atoms with Gasteiger partial charge in [0.2, 0.25) is 5.91 Å². The summed E-state index contributed by atoms with van der Waals surface area (Å²) in [5.41, 5.74) is 2.59. The zero-order valence-electron chi connectivity index (χ0n) is 18.2. The highest BCUT2D eigenvalue weighted by Crippen LogP contribution is 2.28. The summed E-state index contributed by atoms with van der Waals surface area (Å²) >= 11 is 0. The van der Waals surface area contributed by atoms with E-state index in [9.17, 15) is 9.59 Å². The molecule has 1 atom stereocenters. The lowest BCUT2D eigenvalue weighted by atomic mass is 9.93. The molecule has 3 heterocycles. The van der Waals surface area contributed by atoms with E-state index in [1.165, 1.54) is 0 Å². The number of rotatable bonds is 4. The Labute approximate surface area is 167 Å². The first-order chi connectivity index (χ1) is 13.1. The fourth-order valence-corrected chi connectivity index (χ4v) is 4.07. The summed E-state index contributed by atoms with van der Waals surface area (Å²) in [5.74, 6) is 0.847. The summed E-state index contributed by atoms with van der Waals surface area (Å²) < 4.78 is 3.47. The molecule has 0 N–H and O–H groups in total. The zero-order valence-corrected chi connectivity index (χ0v) is 18.2. The molecule has 1 unspecified atom stereocenters. The van der Waals surface area contributed by atoms with Crippen molar-refractivity contribution in [2.24, 2.45) is 18.4 Å². The molecule has 0 bridgehead atoms. The summed E-state index contributed by atoms with van der Waals surface area (Å²) in [7, 11) is 1.79. The van der Waals surface area contributed by atoms with Crippen molar-refractivity contribution in [3.8, 4) is 0 Å². The molecule has 154 valence electrons. The highest BCUT2D eigenvalue weighted by atomic mass is 16.2. The normalized spacial score (nSPS) is 18.2. The minimum absolute atomic E-state index is 0.0113. The number of pyridine rings is 1. The molecule has 0 aromatic carbocycles. The van der Waals surface area contributed by atoms with E-state index >= 15 is 0 Å². The highest BCUT2D eigenvalue weighted by molar-refractivity contribution is 5.76. The average molecular weight is 387 g/mol. The van der Waals surface area contributed by atoms with Gasteiger partial charge in [0, 0.05) is 44.7 Å². The van der Waals surface area contributed by atoms with Gasteiger partial charge in [0.05, 0.1) is 5.52 Å². The lowest BCUT2D eigenvalue weighted by Crippen LogP contribution is -2.39. The Morgan fingerprint density at radius 3 is 2.64 bits per heavy atom. The van der Waals surface area contributed by atoms with Crippen LogP contribution in [0.2, 0.25) is 0 Å². The van der Waals surface area contributed by atoms with Gasteiger partial charge in [0.1, 0.15) is 0 Å². The molecule has 1 aliphatic heterocycles. The SMILES string of the molecule is CC(C)CC(=O)N1CCCC(c2ccc3c(n2)n(C)c(=O)n3CC(C)(C)C)C1. The number of piperidine rings is 1. The van der Waals surface area contributed by atoms with E-state index in [1.807, 2.05) is 21.6 Å². The summed E-state index contributed by atoms with van der Waals surface area (Å²) in [6.45, 7) is 12.8.